The molecule has 0 amide bonds. The van der Waals surface area contributed by atoms with Gasteiger partial charge in [-0.1, -0.05) is 11.6 Å². The van der Waals surface area contributed by atoms with E-state index in [2.05, 4.69) is 0 Å². The van der Waals surface area contributed by atoms with Crippen LogP contribution in [0.25, 0.3) is 0 Å². The van der Waals surface area contributed by atoms with Crippen molar-refractivity contribution in [3.05, 3.63) is 28.8 Å². The van der Waals surface area contributed by atoms with Crippen LogP contribution in [0.5, 0.6) is 5.75 Å². The zero-order valence-electron chi connectivity index (χ0n) is 7.54. The minimum Gasteiger partial charge on any atom is -0.476 e. The topological polar surface area (TPSA) is 33.0 Å². The quantitative estimate of drug-likeness (QED) is 0.727. The lowest BCUT2D eigenvalue weighted by Gasteiger charge is -2.10. The van der Waals surface area contributed by atoms with E-state index in [1.807, 2.05) is 13.0 Å². The zero-order chi connectivity index (χ0) is 9.84. The van der Waals surface area contributed by atoms with Gasteiger partial charge in [0.2, 0.25) is 0 Å². The fraction of sp³-hybridized carbons (Fsp3) is 0.300. The molecule has 1 atom stereocenters. The van der Waals surface area contributed by atoms with E-state index in [1.54, 1.807) is 25.1 Å². The molecule has 0 aromatic heterocycles. The summed E-state index contributed by atoms with van der Waals surface area (Å²) in [5, 5.41) is 9.22. The van der Waals surface area contributed by atoms with Crippen molar-refractivity contribution in [1.29, 1.82) is 5.26 Å². The molecule has 0 unspecified atom stereocenters. The second-order valence-corrected chi connectivity index (χ2v) is 3.24. The van der Waals surface area contributed by atoms with Crippen molar-refractivity contribution in [2.24, 2.45) is 0 Å². The Morgan fingerprint density at radius 1 is 1.54 bits per heavy atom. The fourth-order valence-electron chi connectivity index (χ4n) is 0.962. The number of hydrogen-bond donors (Lipinski definition) is 0. The largest absolute Gasteiger partial charge is 0.476 e. The Bertz CT molecular complexity index is 343. The number of nitrogens with zero attached hydrogens (tertiary/aromatic N) is 1. The Kier molecular flexibility index (Phi) is 3.16. The average molecular weight is 196 g/mol. The highest BCUT2D eigenvalue weighted by atomic mass is 35.5. The van der Waals surface area contributed by atoms with Gasteiger partial charge < -0.3 is 4.74 Å². The lowest BCUT2D eigenvalue weighted by Crippen LogP contribution is -2.08. The normalized spacial score (nSPS) is 11.8. The minimum absolute atomic E-state index is 0.431. The molecule has 3 heteroatoms. The van der Waals surface area contributed by atoms with Crippen molar-refractivity contribution < 1.29 is 4.74 Å². The lowest BCUT2D eigenvalue weighted by atomic mass is 10.2. The number of ether oxygens (including phenoxy) is 1. The molecular formula is C10H10ClNO. The predicted molar refractivity (Wildman–Crippen MR) is 51.9 cm³/mol. The van der Waals surface area contributed by atoms with Crippen LogP contribution in [0.4, 0.5) is 0 Å². The molecule has 1 aromatic rings. The molecule has 68 valence electrons. The standard InChI is InChI=1S/C10H10ClNO/c1-7-5-9(11)3-4-10(7)13-8(2)6-12/h3-5,8H,1-2H3/t8-/m1/s1. The molecule has 1 rings (SSSR count). The first-order valence-corrected chi connectivity index (χ1v) is 4.33. The summed E-state index contributed by atoms with van der Waals surface area (Å²) in [5.74, 6) is 0.707. The highest BCUT2D eigenvalue weighted by Crippen LogP contribution is 2.22. The molecule has 0 saturated carbocycles. The molecule has 0 aliphatic carbocycles. The number of nitriles is 1. The molecule has 2 nitrogen and oxygen atoms in total. The molecule has 0 radical (unpaired) electrons. The number of rotatable bonds is 2. The molecule has 0 heterocycles. The maximum absolute atomic E-state index is 8.54. The summed E-state index contributed by atoms with van der Waals surface area (Å²) in [6, 6.07) is 7.32. The van der Waals surface area contributed by atoms with E-state index in [0.717, 1.165) is 5.56 Å². The van der Waals surface area contributed by atoms with Crippen molar-refractivity contribution in [3.63, 3.8) is 0 Å². The van der Waals surface area contributed by atoms with Gasteiger partial charge in [-0.25, -0.2) is 0 Å². The van der Waals surface area contributed by atoms with Gasteiger partial charge in [0.1, 0.15) is 11.8 Å². The fourth-order valence-corrected chi connectivity index (χ4v) is 1.19. The molecular weight excluding hydrogens is 186 g/mol. The van der Waals surface area contributed by atoms with Crippen LogP contribution in [0.1, 0.15) is 12.5 Å². The molecule has 0 aliphatic heterocycles. The van der Waals surface area contributed by atoms with Gasteiger partial charge in [-0.2, -0.15) is 5.26 Å². The predicted octanol–water partition coefficient (Wildman–Crippen LogP) is 2.94. The van der Waals surface area contributed by atoms with Crippen molar-refractivity contribution in [2.45, 2.75) is 20.0 Å². The molecule has 0 bridgehead atoms. The first kappa shape index (κ1) is 9.88. The third kappa shape index (κ3) is 2.64. The van der Waals surface area contributed by atoms with Crippen molar-refractivity contribution in [1.82, 2.24) is 0 Å². The molecule has 1 aromatic carbocycles. The van der Waals surface area contributed by atoms with E-state index >= 15 is 0 Å². The van der Waals surface area contributed by atoms with E-state index in [1.165, 1.54) is 0 Å². The van der Waals surface area contributed by atoms with Gasteiger partial charge in [0.05, 0.1) is 0 Å². The Balaban J connectivity index is 2.85. The highest BCUT2D eigenvalue weighted by molar-refractivity contribution is 6.30. The Labute approximate surface area is 82.7 Å². The smallest absolute Gasteiger partial charge is 0.181 e. The summed E-state index contributed by atoms with van der Waals surface area (Å²) in [4.78, 5) is 0. The first-order chi connectivity index (χ1) is 6.13. The van der Waals surface area contributed by atoms with Gasteiger partial charge >= 0.3 is 0 Å². The van der Waals surface area contributed by atoms with Crippen LogP contribution in [-0.2, 0) is 0 Å². The minimum atomic E-state index is -0.431. The Morgan fingerprint density at radius 3 is 2.77 bits per heavy atom. The van der Waals surface area contributed by atoms with Gasteiger partial charge in [-0.15, -0.1) is 0 Å². The second kappa shape index (κ2) is 4.15. The average Bonchev–Trinajstić information content (AvgIpc) is 2.09. The maximum Gasteiger partial charge on any atom is 0.181 e. The Hall–Kier alpha value is -1.20. The maximum atomic E-state index is 8.54. The number of halogens is 1. The van der Waals surface area contributed by atoms with Crippen LogP contribution >= 0.6 is 11.6 Å². The number of benzene rings is 1. The van der Waals surface area contributed by atoms with Crippen LogP contribution in [0.2, 0.25) is 5.02 Å². The molecule has 0 saturated heterocycles. The summed E-state index contributed by atoms with van der Waals surface area (Å²) in [6.07, 6.45) is -0.431. The van der Waals surface area contributed by atoms with Gasteiger partial charge in [-0.3, -0.25) is 0 Å². The highest BCUT2D eigenvalue weighted by Gasteiger charge is 2.04. The van der Waals surface area contributed by atoms with E-state index in [9.17, 15) is 0 Å². The lowest BCUT2D eigenvalue weighted by molar-refractivity contribution is 0.274. The summed E-state index contributed by atoms with van der Waals surface area (Å²) in [6.45, 7) is 3.60. The Morgan fingerprint density at radius 2 is 2.23 bits per heavy atom. The number of aryl methyl sites for hydroxylation is 1. The van der Waals surface area contributed by atoms with E-state index in [4.69, 9.17) is 21.6 Å². The first-order valence-electron chi connectivity index (χ1n) is 3.96. The van der Waals surface area contributed by atoms with Crippen LogP contribution in [0.3, 0.4) is 0 Å². The molecule has 0 N–H and O–H groups in total. The van der Waals surface area contributed by atoms with Crippen molar-refractivity contribution in [3.8, 4) is 11.8 Å². The van der Waals surface area contributed by atoms with Crippen molar-refractivity contribution in [2.75, 3.05) is 0 Å². The third-order valence-electron chi connectivity index (χ3n) is 1.62. The van der Waals surface area contributed by atoms with Gasteiger partial charge in [0, 0.05) is 5.02 Å². The van der Waals surface area contributed by atoms with Gasteiger partial charge in [0.25, 0.3) is 0 Å². The van der Waals surface area contributed by atoms with E-state index < -0.39 is 6.10 Å². The summed E-state index contributed by atoms with van der Waals surface area (Å²) < 4.78 is 5.33. The molecule has 13 heavy (non-hydrogen) atoms. The number of hydrogen-bond acceptors (Lipinski definition) is 2. The van der Waals surface area contributed by atoms with Crippen molar-refractivity contribution >= 4 is 11.6 Å². The van der Waals surface area contributed by atoms with E-state index in [0.29, 0.717) is 10.8 Å². The monoisotopic (exact) mass is 195 g/mol. The zero-order valence-corrected chi connectivity index (χ0v) is 8.30. The summed E-state index contributed by atoms with van der Waals surface area (Å²) >= 11 is 5.77. The second-order valence-electron chi connectivity index (χ2n) is 2.80. The van der Waals surface area contributed by atoms with Gasteiger partial charge in [-0.05, 0) is 37.6 Å². The SMILES string of the molecule is Cc1cc(Cl)ccc1O[C@H](C)C#N. The molecule has 0 fully saturated rings. The third-order valence-corrected chi connectivity index (χ3v) is 1.86. The van der Waals surface area contributed by atoms with Crippen LogP contribution < -0.4 is 4.74 Å². The summed E-state index contributed by atoms with van der Waals surface area (Å²) in [7, 11) is 0. The van der Waals surface area contributed by atoms with Crippen LogP contribution in [0, 0.1) is 18.3 Å². The molecule has 0 aliphatic rings. The molecule has 0 spiro atoms. The van der Waals surface area contributed by atoms with Crippen LogP contribution in [-0.4, -0.2) is 6.10 Å². The van der Waals surface area contributed by atoms with Crippen LogP contribution in [0.15, 0.2) is 18.2 Å². The van der Waals surface area contributed by atoms with Gasteiger partial charge in [0.15, 0.2) is 6.10 Å². The van der Waals surface area contributed by atoms with E-state index in [-0.39, 0.29) is 0 Å². The summed E-state index contributed by atoms with van der Waals surface area (Å²) in [5.41, 5.74) is 0.939.